The summed E-state index contributed by atoms with van der Waals surface area (Å²) in [5.74, 6) is -0.206. The van der Waals surface area contributed by atoms with Gasteiger partial charge in [0, 0.05) is 36.6 Å². The zero-order valence-electron chi connectivity index (χ0n) is 14.1. The smallest absolute Gasteiger partial charge is 0.241 e. The molecule has 1 atom stereocenters. The molecule has 1 saturated heterocycles. The van der Waals surface area contributed by atoms with Gasteiger partial charge in [-0.2, -0.15) is 0 Å². The molecule has 1 aliphatic heterocycles. The average molecular weight is 334 g/mol. The van der Waals surface area contributed by atoms with Gasteiger partial charge in [-0.1, -0.05) is 24.3 Å². The van der Waals surface area contributed by atoms with Crippen LogP contribution in [0.4, 0.5) is 5.69 Å². The van der Waals surface area contributed by atoms with Gasteiger partial charge >= 0.3 is 0 Å². The molecule has 25 heavy (non-hydrogen) atoms. The van der Waals surface area contributed by atoms with E-state index in [4.69, 9.17) is 4.74 Å². The number of aryl methyl sites for hydroxylation is 1. The van der Waals surface area contributed by atoms with Crippen molar-refractivity contribution in [1.29, 1.82) is 0 Å². The van der Waals surface area contributed by atoms with Gasteiger partial charge in [-0.3, -0.25) is 9.59 Å². The van der Waals surface area contributed by atoms with Crippen molar-refractivity contribution in [3.63, 3.8) is 0 Å². The number of hydrogen-bond acceptors (Lipinski definition) is 3. The first-order chi connectivity index (χ1) is 12.1. The Labute approximate surface area is 145 Å². The predicted molar refractivity (Wildman–Crippen MR) is 95.8 cm³/mol. The van der Waals surface area contributed by atoms with Crippen LogP contribution < -0.4 is 9.64 Å². The molecule has 0 N–H and O–H groups in total. The highest BCUT2D eigenvalue weighted by atomic mass is 16.5. The topological polar surface area (TPSA) is 51.5 Å². The van der Waals surface area contributed by atoms with E-state index in [-0.39, 0.29) is 18.2 Å². The standard InChI is InChI=1S/C20H18N2O3/c1-21-12-17(15-8-3-4-9-18(15)21)16-11-19(23)22(20(16)24)13-6-5-7-14(10-13)25-2/h3-10,12,16H,11H2,1-2H3/t16-/m1/s1. The van der Waals surface area contributed by atoms with Crippen molar-refractivity contribution in [2.24, 2.45) is 7.05 Å². The van der Waals surface area contributed by atoms with E-state index in [1.165, 1.54) is 4.90 Å². The molecule has 1 aromatic heterocycles. The Balaban J connectivity index is 1.76. The van der Waals surface area contributed by atoms with Crippen molar-refractivity contribution in [2.75, 3.05) is 12.0 Å². The molecule has 5 heteroatoms. The summed E-state index contributed by atoms with van der Waals surface area (Å²) < 4.78 is 7.20. The largest absolute Gasteiger partial charge is 0.497 e. The monoisotopic (exact) mass is 334 g/mol. The molecule has 4 rings (SSSR count). The number of amides is 2. The van der Waals surface area contributed by atoms with E-state index >= 15 is 0 Å². The van der Waals surface area contributed by atoms with Crippen LogP contribution in [0.1, 0.15) is 17.9 Å². The summed E-state index contributed by atoms with van der Waals surface area (Å²) in [7, 11) is 3.51. The predicted octanol–water partition coefficient (Wildman–Crippen LogP) is 3.23. The summed E-state index contributed by atoms with van der Waals surface area (Å²) in [5.41, 5.74) is 2.51. The van der Waals surface area contributed by atoms with Gasteiger partial charge in [0.1, 0.15) is 5.75 Å². The number of hydrogen-bond donors (Lipinski definition) is 0. The second-order valence-electron chi connectivity index (χ2n) is 6.24. The number of nitrogens with zero attached hydrogens (tertiary/aromatic N) is 2. The second-order valence-corrected chi connectivity index (χ2v) is 6.24. The Morgan fingerprint density at radius 2 is 1.88 bits per heavy atom. The van der Waals surface area contributed by atoms with E-state index in [0.29, 0.717) is 11.4 Å². The normalized spacial score (nSPS) is 17.5. The van der Waals surface area contributed by atoms with Gasteiger partial charge in [-0.15, -0.1) is 0 Å². The van der Waals surface area contributed by atoms with Crippen LogP contribution in [0.15, 0.2) is 54.7 Å². The summed E-state index contributed by atoms with van der Waals surface area (Å²) in [5, 5.41) is 1.02. The summed E-state index contributed by atoms with van der Waals surface area (Å²) in [4.78, 5) is 26.9. The molecule has 0 aliphatic carbocycles. The zero-order chi connectivity index (χ0) is 17.6. The minimum atomic E-state index is -0.454. The highest BCUT2D eigenvalue weighted by Crippen LogP contribution is 2.37. The number of aromatic nitrogens is 1. The third-order valence-electron chi connectivity index (χ3n) is 4.76. The van der Waals surface area contributed by atoms with Gasteiger partial charge in [-0.25, -0.2) is 4.90 Å². The number of methoxy groups -OCH3 is 1. The first-order valence-corrected chi connectivity index (χ1v) is 8.15. The molecule has 3 aromatic rings. The molecule has 2 amide bonds. The zero-order valence-corrected chi connectivity index (χ0v) is 14.1. The average Bonchev–Trinajstić information content (AvgIpc) is 3.12. The fourth-order valence-electron chi connectivity index (χ4n) is 3.55. The fourth-order valence-corrected chi connectivity index (χ4v) is 3.55. The number of ether oxygens (including phenoxy) is 1. The van der Waals surface area contributed by atoms with Crippen molar-refractivity contribution in [3.8, 4) is 5.75 Å². The van der Waals surface area contributed by atoms with Gasteiger partial charge < -0.3 is 9.30 Å². The van der Waals surface area contributed by atoms with Crippen LogP contribution in [0, 0.1) is 0 Å². The number of para-hydroxylation sites is 1. The lowest BCUT2D eigenvalue weighted by atomic mass is 9.97. The Bertz CT molecular complexity index is 990. The van der Waals surface area contributed by atoms with Gasteiger partial charge in [0.25, 0.3) is 0 Å². The van der Waals surface area contributed by atoms with Crippen molar-refractivity contribution < 1.29 is 14.3 Å². The first-order valence-electron chi connectivity index (χ1n) is 8.15. The van der Waals surface area contributed by atoms with Crippen LogP contribution in [0.5, 0.6) is 5.75 Å². The summed E-state index contributed by atoms with van der Waals surface area (Å²) in [6, 6.07) is 15.0. The van der Waals surface area contributed by atoms with E-state index in [0.717, 1.165) is 16.5 Å². The van der Waals surface area contributed by atoms with Crippen molar-refractivity contribution in [2.45, 2.75) is 12.3 Å². The molecule has 2 aromatic carbocycles. The van der Waals surface area contributed by atoms with Crippen molar-refractivity contribution in [3.05, 3.63) is 60.3 Å². The number of carbonyl (C=O) groups excluding carboxylic acids is 2. The van der Waals surface area contributed by atoms with Crippen LogP contribution in [-0.2, 0) is 16.6 Å². The lowest BCUT2D eigenvalue weighted by Gasteiger charge is -2.15. The van der Waals surface area contributed by atoms with E-state index in [1.54, 1.807) is 31.4 Å². The molecule has 0 saturated carbocycles. The van der Waals surface area contributed by atoms with Gasteiger partial charge in [0.05, 0.1) is 18.7 Å². The summed E-state index contributed by atoms with van der Waals surface area (Å²) >= 11 is 0. The quantitative estimate of drug-likeness (QED) is 0.691. The van der Waals surface area contributed by atoms with Gasteiger partial charge in [0.2, 0.25) is 11.8 Å². The van der Waals surface area contributed by atoms with Crippen LogP contribution in [0.25, 0.3) is 10.9 Å². The number of rotatable bonds is 3. The first kappa shape index (κ1) is 15.4. The molecule has 0 radical (unpaired) electrons. The van der Waals surface area contributed by atoms with Crippen LogP contribution in [0.2, 0.25) is 0 Å². The van der Waals surface area contributed by atoms with E-state index < -0.39 is 5.92 Å². The lowest BCUT2D eigenvalue weighted by Crippen LogP contribution is -2.29. The minimum Gasteiger partial charge on any atom is -0.497 e. The van der Waals surface area contributed by atoms with E-state index in [2.05, 4.69) is 0 Å². The van der Waals surface area contributed by atoms with Crippen LogP contribution in [-0.4, -0.2) is 23.5 Å². The molecule has 1 fully saturated rings. The molecule has 5 nitrogen and oxygen atoms in total. The molecule has 0 bridgehead atoms. The lowest BCUT2D eigenvalue weighted by molar-refractivity contribution is -0.121. The minimum absolute atomic E-state index is 0.184. The number of anilines is 1. The maximum Gasteiger partial charge on any atom is 0.241 e. The molecule has 0 unspecified atom stereocenters. The molecule has 126 valence electrons. The molecule has 0 spiro atoms. The highest BCUT2D eigenvalue weighted by molar-refractivity contribution is 6.23. The molecular weight excluding hydrogens is 316 g/mol. The second kappa shape index (κ2) is 5.77. The number of imide groups is 1. The van der Waals surface area contributed by atoms with Crippen molar-refractivity contribution in [1.82, 2.24) is 4.57 Å². The van der Waals surface area contributed by atoms with Crippen molar-refractivity contribution >= 4 is 28.4 Å². The number of benzene rings is 2. The highest BCUT2D eigenvalue weighted by Gasteiger charge is 2.41. The van der Waals surface area contributed by atoms with Crippen LogP contribution >= 0.6 is 0 Å². The number of fused-ring (bicyclic) bond motifs is 1. The molecule has 1 aliphatic rings. The Morgan fingerprint density at radius 3 is 2.68 bits per heavy atom. The van der Waals surface area contributed by atoms with Gasteiger partial charge in [-0.05, 0) is 23.8 Å². The number of carbonyl (C=O) groups is 2. The Morgan fingerprint density at radius 1 is 1.08 bits per heavy atom. The third kappa shape index (κ3) is 2.39. The van der Waals surface area contributed by atoms with E-state index in [1.807, 2.05) is 42.1 Å². The Kier molecular flexibility index (Phi) is 3.57. The maximum atomic E-state index is 13.0. The SMILES string of the molecule is COc1cccc(N2C(=O)C[C@H](c3cn(C)c4ccccc34)C2=O)c1. The molecule has 2 heterocycles. The van der Waals surface area contributed by atoms with Gasteiger partial charge in [0.15, 0.2) is 0 Å². The summed E-state index contributed by atoms with van der Waals surface area (Å²) in [6.07, 6.45) is 2.14. The van der Waals surface area contributed by atoms with Crippen LogP contribution in [0.3, 0.4) is 0 Å². The Hall–Kier alpha value is -3.08. The third-order valence-corrected chi connectivity index (χ3v) is 4.76. The fraction of sp³-hybridized carbons (Fsp3) is 0.200. The summed E-state index contributed by atoms with van der Waals surface area (Å²) in [6.45, 7) is 0. The maximum absolute atomic E-state index is 13.0. The molecular formula is C20H18N2O3. The van der Waals surface area contributed by atoms with E-state index in [9.17, 15) is 9.59 Å².